The molecule has 22 heavy (non-hydrogen) atoms. The molecule has 2 atom stereocenters. The van der Waals surface area contributed by atoms with Gasteiger partial charge in [-0.05, 0) is 43.3 Å². The Bertz CT molecular complexity index is 627. The zero-order chi connectivity index (χ0) is 16.5. The number of nitrogens with zero attached hydrogens (tertiary/aromatic N) is 1. The first-order chi connectivity index (χ1) is 10.1. The van der Waals surface area contributed by atoms with Gasteiger partial charge in [0.1, 0.15) is 0 Å². The number of aromatic amines is 1. The van der Waals surface area contributed by atoms with Crippen molar-refractivity contribution < 1.29 is 4.43 Å². The predicted molar refractivity (Wildman–Crippen MR) is 90.8 cm³/mol. The Morgan fingerprint density at radius 1 is 1.32 bits per heavy atom. The van der Waals surface area contributed by atoms with E-state index in [0.29, 0.717) is 5.92 Å². The van der Waals surface area contributed by atoms with Gasteiger partial charge in [-0.3, -0.25) is 14.3 Å². The maximum Gasteiger partial charge on any atom is 0.328 e. The number of nitrogens with one attached hydrogen (secondary N) is 1. The Kier molecular flexibility index (Phi) is 4.82. The van der Waals surface area contributed by atoms with Crippen molar-refractivity contribution >= 4 is 8.32 Å². The normalized spacial score (nSPS) is 23.0. The molecule has 0 aromatic carbocycles. The summed E-state index contributed by atoms with van der Waals surface area (Å²) in [6.45, 7) is 12.1. The number of H-pyrrole nitrogens is 1. The summed E-state index contributed by atoms with van der Waals surface area (Å²) in [7, 11) is -1.71. The summed E-state index contributed by atoms with van der Waals surface area (Å²) in [6, 6.07) is 1.60. The Morgan fingerprint density at radius 2 is 2.00 bits per heavy atom. The van der Waals surface area contributed by atoms with Crippen LogP contribution in [0.1, 0.15) is 46.1 Å². The summed E-state index contributed by atoms with van der Waals surface area (Å²) in [4.78, 5) is 25.3. The maximum absolute atomic E-state index is 11.9. The van der Waals surface area contributed by atoms with Crippen LogP contribution in [0.25, 0.3) is 0 Å². The van der Waals surface area contributed by atoms with Crippen LogP contribution in [0.4, 0.5) is 0 Å². The first-order valence-electron chi connectivity index (χ1n) is 8.05. The first kappa shape index (κ1) is 17.2. The molecule has 1 aliphatic carbocycles. The number of hydrogen-bond donors (Lipinski definition) is 1. The Balaban J connectivity index is 1.96. The third-order valence-electron chi connectivity index (χ3n) is 5.24. The van der Waals surface area contributed by atoms with Crippen LogP contribution in [-0.4, -0.2) is 24.5 Å². The molecule has 1 fully saturated rings. The average Bonchev–Trinajstić information content (AvgIpc) is 2.83. The van der Waals surface area contributed by atoms with Gasteiger partial charge in [-0.15, -0.1) is 0 Å². The van der Waals surface area contributed by atoms with Crippen molar-refractivity contribution in [2.45, 2.75) is 64.2 Å². The van der Waals surface area contributed by atoms with Crippen molar-refractivity contribution in [2.24, 2.45) is 5.92 Å². The Morgan fingerprint density at radius 3 is 2.59 bits per heavy atom. The lowest BCUT2D eigenvalue weighted by Crippen LogP contribution is -2.41. The van der Waals surface area contributed by atoms with Crippen molar-refractivity contribution in [3.8, 4) is 0 Å². The summed E-state index contributed by atoms with van der Waals surface area (Å²) in [5.74, 6) is 0.498. The lowest BCUT2D eigenvalue weighted by atomic mass is 10.1. The van der Waals surface area contributed by atoms with Gasteiger partial charge < -0.3 is 4.43 Å². The molecule has 1 aromatic heterocycles. The molecule has 1 aromatic rings. The molecule has 0 amide bonds. The fourth-order valence-corrected chi connectivity index (χ4v) is 3.80. The van der Waals surface area contributed by atoms with E-state index in [1.807, 2.05) is 0 Å². The van der Waals surface area contributed by atoms with Crippen molar-refractivity contribution in [1.82, 2.24) is 9.55 Å². The first-order valence-corrected chi connectivity index (χ1v) is 11.0. The van der Waals surface area contributed by atoms with Gasteiger partial charge in [0.25, 0.3) is 5.56 Å². The molecule has 0 saturated heterocycles. The zero-order valence-corrected chi connectivity index (χ0v) is 15.3. The summed E-state index contributed by atoms with van der Waals surface area (Å²) < 4.78 is 7.97. The quantitative estimate of drug-likeness (QED) is 0.866. The molecule has 1 saturated carbocycles. The van der Waals surface area contributed by atoms with Gasteiger partial charge in [0, 0.05) is 24.9 Å². The third kappa shape index (κ3) is 3.79. The molecule has 1 aliphatic rings. The fraction of sp³-hybridized carbons (Fsp3) is 0.750. The van der Waals surface area contributed by atoms with Gasteiger partial charge >= 0.3 is 5.69 Å². The van der Waals surface area contributed by atoms with E-state index >= 15 is 0 Å². The number of rotatable bonds is 4. The van der Waals surface area contributed by atoms with Gasteiger partial charge in [0.15, 0.2) is 8.32 Å². The molecule has 0 bridgehead atoms. The molecule has 0 spiro atoms. The minimum Gasteiger partial charge on any atom is -0.417 e. The van der Waals surface area contributed by atoms with Gasteiger partial charge in [-0.2, -0.15) is 0 Å². The van der Waals surface area contributed by atoms with Crippen LogP contribution in [0.3, 0.4) is 0 Å². The summed E-state index contributed by atoms with van der Waals surface area (Å²) >= 11 is 0. The van der Waals surface area contributed by atoms with E-state index in [0.717, 1.165) is 25.9 Å². The van der Waals surface area contributed by atoms with Crippen LogP contribution >= 0.6 is 0 Å². The predicted octanol–water partition coefficient (Wildman–Crippen LogP) is 2.90. The molecule has 0 unspecified atom stereocenters. The van der Waals surface area contributed by atoms with Gasteiger partial charge in [0.05, 0.1) is 0 Å². The van der Waals surface area contributed by atoms with E-state index in [9.17, 15) is 9.59 Å². The van der Waals surface area contributed by atoms with E-state index in [-0.39, 0.29) is 22.3 Å². The molecule has 1 heterocycles. The Hall–Kier alpha value is -1.14. The maximum atomic E-state index is 11.9. The zero-order valence-electron chi connectivity index (χ0n) is 14.3. The van der Waals surface area contributed by atoms with Gasteiger partial charge in [-0.25, -0.2) is 4.79 Å². The molecular formula is C16H28N2O3Si. The summed E-state index contributed by atoms with van der Waals surface area (Å²) in [5, 5.41) is 0.223. The second-order valence-corrected chi connectivity index (χ2v) is 12.7. The highest BCUT2D eigenvalue weighted by Gasteiger charge is 2.38. The standard InChI is InChI=1S/C16H28N2O3Si/c1-16(2,3)22(4,5)21-11-12-6-7-13(10-12)18-9-8-14(19)17-15(18)20/h8-9,12-13H,6-7,10-11H2,1-5H3,(H,17,19,20)/t12-,13+/m1/s1. The van der Waals surface area contributed by atoms with Crippen LogP contribution < -0.4 is 11.2 Å². The molecule has 124 valence electrons. The highest BCUT2D eigenvalue weighted by Crippen LogP contribution is 2.39. The molecule has 5 nitrogen and oxygen atoms in total. The SMILES string of the molecule is CC(C)(C)[Si](C)(C)OC[C@@H]1CC[C@H](n2ccc(=O)[nH]c2=O)C1. The van der Waals surface area contributed by atoms with Crippen LogP contribution in [0.2, 0.25) is 18.1 Å². The number of hydrogen-bond acceptors (Lipinski definition) is 3. The second kappa shape index (κ2) is 6.16. The monoisotopic (exact) mass is 324 g/mol. The van der Waals surface area contributed by atoms with Gasteiger partial charge in [0.2, 0.25) is 0 Å². The third-order valence-corrected chi connectivity index (χ3v) is 9.74. The molecule has 6 heteroatoms. The van der Waals surface area contributed by atoms with E-state index < -0.39 is 8.32 Å². The minimum absolute atomic E-state index is 0.178. The fourth-order valence-electron chi connectivity index (χ4n) is 2.71. The minimum atomic E-state index is -1.71. The van der Waals surface area contributed by atoms with E-state index in [1.165, 1.54) is 6.07 Å². The largest absolute Gasteiger partial charge is 0.417 e. The molecular weight excluding hydrogens is 296 g/mol. The molecule has 1 N–H and O–H groups in total. The van der Waals surface area contributed by atoms with E-state index in [4.69, 9.17) is 4.43 Å². The molecule has 0 aliphatic heterocycles. The number of aromatic nitrogens is 2. The highest BCUT2D eigenvalue weighted by atomic mass is 28.4. The van der Waals surface area contributed by atoms with E-state index in [2.05, 4.69) is 38.8 Å². The van der Waals surface area contributed by atoms with Crippen LogP contribution in [0, 0.1) is 5.92 Å². The van der Waals surface area contributed by atoms with Crippen LogP contribution in [-0.2, 0) is 4.43 Å². The summed E-state index contributed by atoms with van der Waals surface area (Å²) in [6.07, 6.45) is 4.60. The van der Waals surface area contributed by atoms with Crippen molar-refractivity contribution in [1.29, 1.82) is 0 Å². The average molecular weight is 324 g/mol. The lowest BCUT2D eigenvalue weighted by molar-refractivity contribution is 0.227. The lowest BCUT2D eigenvalue weighted by Gasteiger charge is -2.37. The van der Waals surface area contributed by atoms with Crippen LogP contribution in [0.15, 0.2) is 21.9 Å². The van der Waals surface area contributed by atoms with Crippen molar-refractivity contribution in [2.75, 3.05) is 6.61 Å². The smallest absolute Gasteiger partial charge is 0.328 e. The second-order valence-electron chi connectivity index (χ2n) is 7.92. The summed E-state index contributed by atoms with van der Waals surface area (Å²) in [5.41, 5.74) is -0.638. The topological polar surface area (TPSA) is 64.1 Å². The van der Waals surface area contributed by atoms with E-state index in [1.54, 1.807) is 10.8 Å². The Labute approximate surface area is 132 Å². The molecule has 2 rings (SSSR count). The molecule has 0 radical (unpaired) electrons. The highest BCUT2D eigenvalue weighted by molar-refractivity contribution is 6.74. The van der Waals surface area contributed by atoms with Crippen molar-refractivity contribution in [3.05, 3.63) is 33.1 Å². The van der Waals surface area contributed by atoms with Crippen molar-refractivity contribution in [3.63, 3.8) is 0 Å². The van der Waals surface area contributed by atoms with Crippen LogP contribution in [0.5, 0.6) is 0 Å². The van der Waals surface area contributed by atoms with Gasteiger partial charge in [-0.1, -0.05) is 20.8 Å².